The summed E-state index contributed by atoms with van der Waals surface area (Å²) in [5.74, 6) is 0.0224. The summed E-state index contributed by atoms with van der Waals surface area (Å²) in [6.07, 6.45) is 4.03. The Labute approximate surface area is 318 Å². The van der Waals surface area contributed by atoms with Gasteiger partial charge in [0, 0.05) is 63.6 Å². The van der Waals surface area contributed by atoms with Crippen molar-refractivity contribution >= 4 is 40.2 Å². The normalized spacial score (nSPS) is 18.9. The number of anilines is 2. The average molecular weight is 726 g/mol. The molecule has 3 saturated heterocycles. The second-order valence-electron chi connectivity index (χ2n) is 14.8. The largest absolute Gasteiger partial charge is 0.508 e. The first-order chi connectivity index (χ1) is 26.3. The SMILES string of the molecule is CC/C(=C(\c1ccc(O)cc1)c1ccc(N2CCC(CN3CCN(c4cccc(CC(=O)NC5CCC(=O)NC5=O)c4)CC3)CC2)cc1)c1ccccc1. The number of carbonyl (C=O) groups is 3. The molecule has 3 N–H and O–H groups in total. The minimum absolute atomic E-state index is 0.195. The summed E-state index contributed by atoms with van der Waals surface area (Å²) in [7, 11) is 0. The van der Waals surface area contributed by atoms with Crippen molar-refractivity contribution in [2.75, 3.05) is 55.6 Å². The Morgan fingerprint density at radius 1 is 0.741 bits per heavy atom. The fourth-order valence-corrected chi connectivity index (χ4v) is 8.20. The molecular formula is C45H51N5O4. The zero-order chi connectivity index (χ0) is 37.4. The van der Waals surface area contributed by atoms with Gasteiger partial charge in [0.05, 0.1) is 6.42 Å². The fourth-order valence-electron chi connectivity index (χ4n) is 8.20. The maximum absolute atomic E-state index is 12.7. The van der Waals surface area contributed by atoms with E-state index in [2.05, 4.69) is 99.0 Å². The van der Waals surface area contributed by atoms with Gasteiger partial charge in [0.2, 0.25) is 17.7 Å². The summed E-state index contributed by atoms with van der Waals surface area (Å²) in [5, 5.41) is 15.1. The van der Waals surface area contributed by atoms with Crippen LogP contribution in [0, 0.1) is 5.92 Å². The van der Waals surface area contributed by atoms with Crippen molar-refractivity contribution in [2.24, 2.45) is 5.92 Å². The highest BCUT2D eigenvalue weighted by molar-refractivity contribution is 6.02. The number of hydrogen-bond acceptors (Lipinski definition) is 7. The second-order valence-corrected chi connectivity index (χ2v) is 14.8. The van der Waals surface area contributed by atoms with E-state index in [1.54, 1.807) is 12.1 Å². The van der Waals surface area contributed by atoms with Gasteiger partial charge in [-0.1, -0.05) is 73.7 Å². The van der Waals surface area contributed by atoms with Gasteiger partial charge in [-0.05, 0) is 101 Å². The number of allylic oxidation sites excluding steroid dienone is 1. The van der Waals surface area contributed by atoms with E-state index in [1.807, 2.05) is 24.3 Å². The molecule has 1 unspecified atom stereocenters. The van der Waals surface area contributed by atoms with Crippen molar-refractivity contribution in [3.63, 3.8) is 0 Å². The highest BCUT2D eigenvalue weighted by Gasteiger charge is 2.28. The Balaban J connectivity index is 0.902. The van der Waals surface area contributed by atoms with Crippen molar-refractivity contribution < 1.29 is 19.5 Å². The number of amides is 3. The monoisotopic (exact) mass is 725 g/mol. The molecule has 9 heteroatoms. The molecule has 0 bridgehead atoms. The molecule has 4 aromatic carbocycles. The number of phenols is 1. The molecule has 280 valence electrons. The number of piperidine rings is 2. The smallest absolute Gasteiger partial charge is 0.249 e. The molecule has 7 rings (SSSR count). The summed E-state index contributed by atoms with van der Waals surface area (Å²) in [5.41, 5.74) is 9.30. The summed E-state index contributed by atoms with van der Waals surface area (Å²) in [6.45, 7) is 9.37. The van der Waals surface area contributed by atoms with Gasteiger partial charge < -0.3 is 20.2 Å². The quantitative estimate of drug-likeness (QED) is 0.124. The first-order valence-corrected chi connectivity index (χ1v) is 19.5. The first-order valence-electron chi connectivity index (χ1n) is 19.5. The van der Waals surface area contributed by atoms with Gasteiger partial charge in [-0.15, -0.1) is 0 Å². The first kappa shape index (κ1) is 36.9. The number of hydrogen-bond donors (Lipinski definition) is 3. The molecule has 54 heavy (non-hydrogen) atoms. The predicted octanol–water partition coefficient (Wildman–Crippen LogP) is 6.26. The number of rotatable bonds is 11. The van der Waals surface area contributed by atoms with Crippen molar-refractivity contribution in [3.05, 3.63) is 125 Å². The van der Waals surface area contributed by atoms with E-state index < -0.39 is 11.9 Å². The minimum Gasteiger partial charge on any atom is -0.508 e. The highest BCUT2D eigenvalue weighted by Crippen LogP contribution is 2.36. The topological polar surface area (TPSA) is 105 Å². The lowest BCUT2D eigenvalue weighted by Gasteiger charge is -2.40. The Hall–Kier alpha value is -5.41. The number of phenolic OH excluding ortho intramolecular Hbond substituents is 1. The van der Waals surface area contributed by atoms with Crippen LogP contribution in [0.25, 0.3) is 11.1 Å². The van der Waals surface area contributed by atoms with Crippen LogP contribution in [-0.2, 0) is 20.8 Å². The molecule has 0 saturated carbocycles. The van der Waals surface area contributed by atoms with E-state index in [1.165, 1.54) is 40.8 Å². The Bertz CT molecular complexity index is 1940. The number of piperazine rings is 1. The van der Waals surface area contributed by atoms with Crippen LogP contribution >= 0.6 is 0 Å². The van der Waals surface area contributed by atoms with Gasteiger partial charge >= 0.3 is 0 Å². The molecule has 0 radical (unpaired) electrons. The lowest BCUT2D eigenvalue weighted by molar-refractivity contribution is -0.137. The van der Waals surface area contributed by atoms with Crippen molar-refractivity contribution in [3.8, 4) is 5.75 Å². The number of nitrogens with zero attached hydrogens (tertiary/aromatic N) is 3. The van der Waals surface area contributed by atoms with Crippen LogP contribution in [0.3, 0.4) is 0 Å². The summed E-state index contributed by atoms with van der Waals surface area (Å²) in [6, 6.07) is 34.7. The van der Waals surface area contributed by atoms with E-state index in [4.69, 9.17) is 0 Å². The zero-order valence-electron chi connectivity index (χ0n) is 31.2. The van der Waals surface area contributed by atoms with Crippen molar-refractivity contribution in [1.82, 2.24) is 15.5 Å². The number of imide groups is 1. The molecule has 3 amide bonds. The number of aromatic hydroxyl groups is 1. The molecule has 4 aromatic rings. The third-order valence-corrected chi connectivity index (χ3v) is 11.2. The van der Waals surface area contributed by atoms with Gasteiger partial charge in [0.15, 0.2) is 0 Å². The summed E-state index contributed by atoms with van der Waals surface area (Å²) < 4.78 is 0. The van der Waals surface area contributed by atoms with Crippen LogP contribution in [0.2, 0.25) is 0 Å². The molecule has 3 heterocycles. The molecule has 9 nitrogen and oxygen atoms in total. The van der Waals surface area contributed by atoms with E-state index in [-0.39, 0.29) is 30.4 Å². The van der Waals surface area contributed by atoms with Crippen LogP contribution in [0.5, 0.6) is 5.75 Å². The van der Waals surface area contributed by atoms with Crippen molar-refractivity contribution in [1.29, 1.82) is 0 Å². The maximum atomic E-state index is 12.7. The molecule has 0 aromatic heterocycles. The number of carbonyl (C=O) groups excluding carboxylic acids is 3. The lowest BCUT2D eigenvalue weighted by Crippen LogP contribution is -2.52. The van der Waals surface area contributed by atoms with Crippen LogP contribution in [0.1, 0.15) is 61.3 Å². The molecular weight excluding hydrogens is 675 g/mol. The lowest BCUT2D eigenvalue weighted by atomic mass is 9.88. The third kappa shape index (κ3) is 9.02. The number of benzene rings is 4. The molecule has 1 atom stereocenters. The Kier molecular flexibility index (Phi) is 11.7. The number of nitrogens with one attached hydrogen (secondary N) is 2. The summed E-state index contributed by atoms with van der Waals surface area (Å²) in [4.78, 5) is 43.7. The molecule has 0 spiro atoms. The van der Waals surface area contributed by atoms with Gasteiger partial charge in [-0.3, -0.25) is 24.6 Å². The van der Waals surface area contributed by atoms with E-state index in [9.17, 15) is 19.5 Å². The zero-order valence-corrected chi connectivity index (χ0v) is 31.2. The van der Waals surface area contributed by atoms with E-state index >= 15 is 0 Å². The molecule has 3 aliphatic heterocycles. The van der Waals surface area contributed by atoms with Crippen LogP contribution in [0.4, 0.5) is 11.4 Å². The van der Waals surface area contributed by atoms with Gasteiger partial charge in [-0.25, -0.2) is 0 Å². The second kappa shape index (κ2) is 17.2. The van der Waals surface area contributed by atoms with Crippen LogP contribution < -0.4 is 20.4 Å². The standard InChI is InChI=1S/C45H51N5O4/c1-2-40(34-8-4-3-5-9-34)44(36-13-17-39(51)18-14-36)35-11-15-37(16-12-35)49-23-21-32(22-24-49)31-48-25-27-50(28-26-48)38-10-6-7-33(29-38)30-43(53)46-41-19-20-42(52)47-45(41)54/h3-18,29,32,41,51H,2,19-28,30-31H2,1H3,(H,46,53)(H,47,52,54)/b44-40+. The summed E-state index contributed by atoms with van der Waals surface area (Å²) >= 11 is 0. The third-order valence-electron chi connectivity index (χ3n) is 11.2. The molecule has 0 aliphatic carbocycles. The predicted molar refractivity (Wildman–Crippen MR) is 215 cm³/mol. The molecule has 3 fully saturated rings. The molecule has 3 aliphatic rings. The van der Waals surface area contributed by atoms with Gasteiger partial charge in [0.25, 0.3) is 0 Å². The Morgan fingerprint density at radius 2 is 1.41 bits per heavy atom. The average Bonchev–Trinajstić information content (AvgIpc) is 3.20. The highest BCUT2D eigenvalue weighted by atomic mass is 16.3. The van der Waals surface area contributed by atoms with Crippen LogP contribution in [-0.4, -0.2) is 79.6 Å². The maximum Gasteiger partial charge on any atom is 0.249 e. The van der Waals surface area contributed by atoms with Gasteiger partial charge in [-0.2, -0.15) is 0 Å². The Morgan fingerprint density at radius 3 is 2.07 bits per heavy atom. The van der Waals surface area contributed by atoms with Crippen LogP contribution in [0.15, 0.2) is 103 Å². The van der Waals surface area contributed by atoms with Gasteiger partial charge in [0.1, 0.15) is 11.8 Å². The van der Waals surface area contributed by atoms with E-state index in [0.717, 1.165) is 69.0 Å². The minimum atomic E-state index is -0.653. The van der Waals surface area contributed by atoms with E-state index in [0.29, 0.717) is 12.3 Å². The van der Waals surface area contributed by atoms with Crippen molar-refractivity contribution in [2.45, 2.75) is 51.5 Å². The fraction of sp³-hybridized carbons (Fsp3) is 0.356.